The second-order valence-corrected chi connectivity index (χ2v) is 8.63. The molecule has 1 fully saturated rings. The van der Waals surface area contributed by atoms with E-state index in [9.17, 15) is 4.79 Å². The topological polar surface area (TPSA) is 41.6 Å². The Labute approximate surface area is 199 Å². The lowest BCUT2D eigenvalue weighted by atomic mass is 9.92. The van der Waals surface area contributed by atoms with Gasteiger partial charge in [-0.3, -0.25) is 4.79 Å². The fourth-order valence-corrected chi connectivity index (χ4v) is 4.44. The maximum Gasteiger partial charge on any atom is 0.226 e. The van der Waals surface area contributed by atoms with Gasteiger partial charge in [0.15, 0.2) is 0 Å². The lowest BCUT2D eigenvalue weighted by Crippen LogP contribution is -2.45. The first kappa shape index (κ1) is 23.3. The number of halogens is 2. The van der Waals surface area contributed by atoms with Crippen molar-refractivity contribution in [1.29, 1.82) is 0 Å². The molecule has 0 aromatic heterocycles. The minimum atomic E-state index is -0.578. The Morgan fingerprint density at radius 2 is 1.67 bits per heavy atom. The van der Waals surface area contributed by atoms with Gasteiger partial charge in [-0.25, -0.2) is 4.39 Å². The van der Waals surface area contributed by atoms with E-state index < -0.39 is 6.04 Å². The number of hydrogen-bond donors (Lipinski definition) is 1. The van der Waals surface area contributed by atoms with Gasteiger partial charge in [-0.15, -0.1) is 0 Å². The summed E-state index contributed by atoms with van der Waals surface area (Å²) in [7, 11) is 0. The van der Waals surface area contributed by atoms with Crippen molar-refractivity contribution in [2.45, 2.75) is 18.9 Å². The van der Waals surface area contributed by atoms with E-state index in [2.05, 4.69) is 5.32 Å². The Balaban J connectivity index is 1.68. The second kappa shape index (κ2) is 11.3. The number of rotatable bonds is 8. The summed E-state index contributed by atoms with van der Waals surface area (Å²) >= 11 is 6.13. The van der Waals surface area contributed by atoms with Gasteiger partial charge in [0.2, 0.25) is 5.91 Å². The predicted octanol–water partition coefficient (Wildman–Crippen LogP) is 5.48. The number of para-hydroxylation sites is 1. The number of nitrogens with zero attached hydrogens (tertiary/aromatic N) is 1. The summed E-state index contributed by atoms with van der Waals surface area (Å²) in [5, 5.41) is 3.90. The van der Waals surface area contributed by atoms with Crippen LogP contribution < -0.4 is 10.1 Å². The first-order valence-electron chi connectivity index (χ1n) is 11.3. The van der Waals surface area contributed by atoms with Gasteiger partial charge < -0.3 is 15.0 Å². The quantitative estimate of drug-likeness (QED) is 0.478. The smallest absolute Gasteiger partial charge is 0.226 e. The van der Waals surface area contributed by atoms with Gasteiger partial charge in [0.1, 0.15) is 18.2 Å². The normalized spacial score (nSPS) is 15.1. The summed E-state index contributed by atoms with van der Waals surface area (Å²) in [5.74, 6) is 0.311. The zero-order chi connectivity index (χ0) is 23.0. The molecule has 0 saturated carbocycles. The number of ether oxygens (including phenoxy) is 1. The number of amides is 1. The minimum Gasteiger partial charge on any atom is -0.492 e. The zero-order valence-corrected chi connectivity index (χ0v) is 19.2. The molecule has 3 aromatic carbocycles. The number of piperidine rings is 1. The Morgan fingerprint density at radius 3 is 2.36 bits per heavy atom. The molecule has 4 nitrogen and oxygen atoms in total. The van der Waals surface area contributed by atoms with E-state index in [-0.39, 0.29) is 17.6 Å². The Bertz CT molecular complexity index is 1040. The third-order valence-corrected chi connectivity index (χ3v) is 6.26. The summed E-state index contributed by atoms with van der Waals surface area (Å²) in [5.41, 5.74) is 1.27. The molecular weight excluding hydrogens is 439 g/mol. The molecule has 172 valence electrons. The fraction of sp³-hybridized carbons (Fsp3) is 0.296. The standard InChI is InChI=1S/C27H28ClFN2O2/c28-22-12-10-20(11-13-22)26(24-8-4-5-9-25(24)29)31(27(32)21-14-16-30-17-15-21)18-19-33-23-6-2-1-3-7-23/h1-13,21,26,30H,14-19H2. The van der Waals surface area contributed by atoms with E-state index >= 15 is 4.39 Å². The summed E-state index contributed by atoms with van der Waals surface area (Å²) in [6, 6.07) is 22.8. The maximum absolute atomic E-state index is 15.1. The molecule has 1 heterocycles. The van der Waals surface area contributed by atoms with Crippen molar-refractivity contribution < 1.29 is 13.9 Å². The lowest BCUT2D eigenvalue weighted by molar-refractivity contribution is -0.138. The minimum absolute atomic E-state index is 0.0244. The summed E-state index contributed by atoms with van der Waals surface area (Å²) in [6.07, 6.45) is 1.53. The third kappa shape index (κ3) is 5.92. The molecule has 1 saturated heterocycles. The average Bonchev–Trinajstić information content (AvgIpc) is 2.86. The molecule has 1 N–H and O–H groups in total. The molecule has 1 aliphatic rings. The van der Waals surface area contributed by atoms with Crippen LogP contribution in [0.15, 0.2) is 78.9 Å². The van der Waals surface area contributed by atoms with Gasteiger partial charge in [0.25, 0.3) is 0 Å². The van der Waals surface area contributed by atoms with Crippen molar-refractivity contribution in [3.05, 3.63) is 101 Å². The second-order valence-electron chi connectivity index (χ2n) is 8.19. The molecular formula is C27H28ClFN2O2. The monoisotopic (exact) mass is 466 g/mol. The van der Waals surface area contributed by atoms with Gasteiger partial charge in [0.05, 0.1) is 12.6 Å². The highest BCUT2D eigenvalue weighted by atomic mass is 35.5. The van der Waals surface area contributed by atoms with Gasteiger partial charge in [-0.05, 0) is 61.8 Å². The van der Waals surface area contributed by atoms with Crippen molar-refractivity contribution in [2.24, 2.45) is 5.92 Å². The average molecular weight is 467 g/mol. The van der Waals surface area contributed by atoms with E-state index in [1.165, 1.54) is 6.07 Å². The molecule has 33 heavy (non-hydrogen) atoms. The van der Waals surface area contributed by atoms with Gasteiger partial charge >= 0.3 is 0 Å². The number of carbonyl (C=O) groups excluding carboxylic acids is 1. The third-order valence-electron chi connectivity index (χ3n) is 6.01. The highest BCUT2D eigenvalue weighted by Crippen LogP contribution is 2.33. The van der Waals surface area contributed by atoms with E-state index in [0.29, 0.717) is 23.7 Å². The Hall–Kier alpha value is -2.89. The lowest BCUT2D eigenvalue weighted by Gasteiger charge is -2.36. The van der Waals surface area contributed by atoms with E-state index in [1.54, 1.807) is 35.2 Å². The molecule has 0 radical (unpaired) electrons. The SMILES string of the molecule is O=C(C1CCNCC1)N(CCOc1ccccc1)C(c1ccc(Cl)cc1)c1ccccc1F. The molecule has 6 heteroatoms. The van der Waals surface area contributed by atoms with Crippen molar-refractivity contribution in [1.82, 2.24) is 10.2 Å². The van der Waals surface area contributed by atoms with Crippen LogP contribution in [-0.2, 0) is 4.79 Å². The van der Waals surface area contributed by atoms with Crippen LogP contribution in [0.5, 0.6) is 5.75 Å². The summed E-state index contributed by atoms with van der Waals surface area (Å²) in [4.78, 5) is 15.6. The summed E-state index contributed by atoms with van der Waals surface area (Å²) in [6.45, 7) is 2.24. The molecule has 0 spiro atoms. The Morgan fingerprint density at radius 1 is 1.00 bits per heavy atom. The first-order valence-corrected chi connectivity index (χ1v) is 11.7. The molecule has 1 atom stereocenters. The van der Waals surface area contributed by atoms with Crippen LogP contribution in [0.3, 0.4) is 0 Å². The van der Waals surface area contributed by atoms with Gasteiger partial charge in [0, 0.05) is 16.5 Å². The van der Waals surface area contributed by atoms with Crippen LogP contribution in [0.1, 0.15) is 30.0 Å². The molecule has 0 bridgehead atoms. The fourth-order valence-electron chi connectivity index (χ4n) is 4.32. The van der Waals surface area contributed by atoms with Crippen LogP contribution in [0.4, 0.5) is 4.39 Å². The van der Waals surface area contributed by atoms with Crippen LogP contribution >= 0.6 is 11.6 Å². The van der Waals surface area contributed by atoms with Crippen LogP contribution in [0, 0.1) is 11.7 Å². The van der Waals surface area contributed by atoms with E-state index in [4.69, 9.17) is 16.3 Å². The van der Waals surface area contributed by atoms with Crippen molar-refractivity contribution in [2.75, 3.05) is 26.2 Å². The molecule has 1 amide bonds. The molecule has 0 aliphatic carbocycles. The van der Waals surface area contributed by atoms with Gasteiger partial charge in [-0.1, -0.05) is 60.1 Å². The largest absolute Gasteiger partial charge is 0.492 e. The Kier molecular flexibility index (Phi) is 7.97. The van der Waals surface area contributed by atoms with E-state index in [1.807, 2.05) is 42.5 Å². The summed E-state index contributed by atoms with van der Waals surface area (Å²) < 4.78 is 21.0. The molecule has 1 unspecified atom stereocenters. The van der Waals surface area contributed by atoms with E-state index in [0.717, 1.165) is 37.2 Å². The zero-order valence-electron chi connectivity index (χ0n) is 18.4. The molecule has 4 rings (SSSR count). The highest BCUT2D eigenvalue weighted by molar-refractivity contribution is 6.30. The number of carbonyl (C=O) groups is 1. The predicted molar refractivity (Wildman–Crippen MR) is 129 cm³/mol. The molecule has 3 aromatic rings. The van der Waals surface area contributed by atoms with Crippen molar-refractivity contribution >= 4 is 17.5 Å². The van der Waals surface area contributed by atoms with Gasteiger partial charge in [-0.2, -0.15) is 0 Å². The maximum atomic E-state index is 15.1. The highest BCUT2D eigenvalue weighted by Gasteiger charge is 2.33. The van der Waals surface area contributed by atoms with Crippen LogP contribution in [0.25, 0.3) is 0 Å². The number of hydrogen-bond acceptors (Lipinski definition) is 3. The first-order chi connectivity index (χ1) is 16.1. The van der Waals surface area contributed by atoms with Crippen LogP contribution in [0.2, 0.25) is 5.02 Å². The van der Waals surface area contributed by atoms with Crippen molar-refractivity contribution in [3.8, 4) is 5.75 Å². The molecule has 1 aliphatic heterocycles. The van der Waals surface area contributed by atoms with Crippen molar-refractivity contribution in [3.63, 3.8) is 0 Å². The number of nitrogens with one attached hydrogen (secondary N) is 1. The number of benzene rings is 3. The van der Waals surface area contributed by atoms with Crippen LogP contribution in [-0.4, -0.2) is 37.0 Å².